The Kier molecular flexibility index (Phi) is 4.97. The Labute approximate surface area is 136 Å². The molecule has 120 valence electrons. The number of hydrogen-bond donors (Lipinski definition) is 2. The maximum atomic E-state index is 12.3. The molecule has 0 fully saturated rings. The second-order valence-corrected chi connectivity index (χ2v) is 4.61. The lowest BCUT2D eigenvalue weighted by molar-refractivity contribution is 0.0698. The van der Waals surface area contributed by atoms with E-state index in [9.17, 15) is 14.7 Å². The van der Waals surface area contributed by atoms with Gasteiger partial charge in [-0.3, -0.25) is 4.79 Å². The van der Waals surface area contributed by atoms with Crippen LogP contribution in [-0.2, 0) is 0 Å². The summed E-state index contributed by atoms with van der Waals surface area (Å²) in [4.78, 5) is 31.3. The smallest absolute Gasteiger partial charge is 0.339 e. The largest absolute Gasteiger partial charge is 0.481 e. The van der Waals surface area contributed by atoms with Crippen molar-refractivity contribution >= 4 is 29.2 Å². The summed E-state index contributed by atoms with van der Waals surface area (Å²) in [6.07, 6.45) is 0. The average molecular weight is 338 g/mol. The summed E-state index contributed by atoms with van der Waals surface area (Å²) in [5.41, 5.74) is -0.197. The fraction of sp³-hybridized carbons (Fsp3) is 0.143. The van der Waals surface area contributed by atoms with Gasteiger partial charge in [0.25, 0.3) is 5.91 Å². The van der Waals surface area contributed by atoms with Crippen LogP contribution in [0.15, 0.2) is 24.3 Å². The fourth-order valence-electron chi connectivity index (χ4n) is 1.74. The number of benzene rings is 1. The summed E-state index contributed by atoms with van der Waals surface area (Å²) in [5, 5.41) is 11.6. The van der Waals surface area contributed by atoms with E-state index in [1.807, 2.05) is 0 Å². The quantitative estimate of drug-likeness (QED) is 0.859. The van der Waals surface area contributed by atoms with Gasteiger partial charge in [-0.1, -0.05) is 17.7 Å². The molecule has 2 rings (SSSR count). The molecule has 0 atom stereocenters. The Bertz CT molecular complexity index is 744. The number of rotatable bonds is 5. The predicted octanol–water partition coefficient (Wildman–Crippen LogP) is 2.10. The number of anilines is 1. The average Bonchev–Trinajstić information content (AvgIpc) is 2.53. The van der Waals surface area contributed by atoms with Crippen molar-refractivity contribution in [3.8, 4) is 11.8 Å². The van der Waals surface area contributed by atoms with Crippen LogP contribution < -0.4 is 14.8 Å². The van der Waals surface area contributed by atoms with Crippen LogP contribution in [-0.4, -0.2) is 41.2 Å². The molecule has 0 unspecified atom stereocenters. The van der Waals surface area contributed by atoms with Crippen molar-refractivity contribution in [3.05, 3.63) is 40.7 Å². The van der Waals surface area contributed by atoms with Crippen LogP contribution in [0.2, 0.25) is 5.02 Å². The van der Waals surface area contributed by atoms with E-state index in [-0.39, 0.29) is 33.9 Å². The molecule has 1 amide bonds. The zero-order valence-electron chi connectivity index (χ0n) is 12.2. The van der Waals surface area contributed by atoms with E-state index in [4.69, 9.17) is 21.1 Å². The third kappa shape index (κ3) is 3.67. The molecule has 2 aromatic rings. The van der Waals surface area contributed by atoms with Gasteiger partial charge < -0.3 is 19.9 Å². The SMILES string of the molecule is COc1cc(OC)nc(C(=O)Nc2cccc(Cl)c2C(=O)O)n1. The van der Waals surface area contributed by atoms with Gasteiger partial charge in [0.2, 0.25) is 17.6 Å². The second-order valence-electron chi connectivity index (χ2n) is 4.20. The van der Waals surface area contributed by atoms with E-state index in [1.54, 1.807) is 0 Å². The van der Waals surface area contributed by atoms with Crippen LogP contribution in [0, 0.1) is 0 Å². The Hall–Kier alpha value is -2.87. The minimum atomic E-state index is -1.27. The molecule has 0 radical (unpaired) electrons. The number of carboxylic acids is 1. The monoisotopic (exact) mass is 337 g/mol. The van der Waals surface area contributed by atoms with Gasteiger partial charge in [-0.05, 0) is 12.1 Å². The highest BCUT2D eigenvalue weighted by Crippen LogP contribution is 2.25. The van der Waals surface area contributed by atoms with Crippen LogP contribution in [0.1, 0.15) is 21.0 Å². The molecule has 0 saturated heterocycles. The van der Waals surface area contributed by atoms with E-state index in [0.29, 0.717) is 0 Å². The van der Waals surface area contributed by atoms with E-state index in [0.717, 1.165) is 0 Å². The zero-order valence-corrected chi connectivity index (χ0v) is 12.9. The number of carboxylic acid groups (broad SMARTS) is 1. The topological polar surface area (TPSA) is 111 Å². The van der Waals surface area contributed by atoms with Crippen molar-refractivity contribution in [2.24, 2.45) is 0 Å². The number of carbonyl (C=O) groups excluding carboxylic acids is 1. The summed E-state index contributed by atoms with van der Waals surface area (Å²) >= 11 is 5.85. The molecule has 1 aromatic carbocycles. The maximum Gasteiger partial charge on any atom is 0.339 e. The molecular weight excluding hydrogens is 326 g/mol. The molecular formula is C14H12ClN3O5. The van der Waals surface area contributed by atoms with E-state index >= 15 is 0 Å². The highest BCUT2D eigenvalue weighted by atomic mass is 35.5. The van der Waals surface area contributed by atoms with E-state index < -0.39 is 11.9 Å². The molecule has 0 saturated carbocycles. The van der Waals surface area contributed by atoms with Gasteiger partial charge in [0.05, 0.1) is 31.0 Å². The number of nitrogens with zero attached hydrogens (tertiary/aromatic N) is 2. The van der Waals surface area contributed by atoms with Crippen LogP contribution in [0.3, 0.4) is 0 Å². The fourth-order valence-corrected chi connectivity index (χ4v) is 1.99. The molecule has 1 aromatic heterocycles. The lowest BCUT2D eigenvalue weighted by Gasteiger charge is -2.10. The molecule has 9 heteroatoms. The number of ether oxygens (including phenoxy) is 2. The number of hydrogen-bond acceptors (Lipinski definition) is 6. The summed E-state index contributed by atoms with van der Waals surface area (Å²) in [7, 11) is 2.76. The summed E-state index contributed by atoms with van der Waals surface area (Å²) in [6.45, 7) is 0. The number of methoxy groups -OCH3 is 2. The Morgan fingerprint density at radius 1 is 1.17 bits per heavy atom. The van der Waals surface area contributed by atoms with Crippen LogP contribution in [0.25, 0.3) is 0 Å². The van der Waals surface area contributed by atoms with Crippen LogP contribution in [0.5, 0.6) is 11.8 Å². The first kappa shape index (κ1) is 16.5. The highest BCUT2D eigenvalue weighted by molar-refractivity contribution is 6.34. The zero-order chi connectivity index (χ0) is 17.0. The van der Waals surface area contributed by atoms with Crippen molar-refractivity contribution in [2.75, 3.05) is 19.5 Å². The normalized spacial score (nSPS) is 10.0. The maximum absolute atomic E-state index is 12.3. The number of aromatic carboxylic acids is 1. The van der Waals surface area contributed by atoms with E-state index in [1.165, 1.54) is 38.5 Å². The molecule has 0 aliphatic heterocycles. The first-order valence-corrected chi connectivity index (χ1v) is 6.64. The molecule has 2 N–H and O–H groups in total. The van der Waals surface area contributed by atoms with Crippen molar-refractivity contribution in [2.45, 2.75) is 0 Å². The first-order valence-electron chi connectivity index (χ1n) is 6.26. The van der Waals surface area contributed by atoms with Gasteiger partial charge in [-0.15, -0.1) is 0 Å². The Morgan fingerprint density at radius 2 is 1.78 bits per heavy atom. The number of amides is 1. The van der Waals surface area contributed by atoms with Crippen molar-refractivity contribution in [1.82, 2.24) is 9.97 Å². The first-order chi connectivity index (χ1) is 11.0. The number of nitrogens with one attached hydrogen (secondary N) is 1. The van der Waals surface area contributed by atoms with Crippen LogP contribution >= 0.6 is 11.6 Å². The molecule has 1 heterocycles. The van der Waals surface area contributed by atoms with Crippen molar-refractivity contribution < 1.29 is 24.2 Å². The van der Waals surface area contributed by atoms with Gasteiger partial charge in [-0.2, -0.15) is 9.97 Å². The summed E-state index contributed by atoms with van der Waals surface area (Å²) in [5.74, 6) is -1.97. The predicted molar refractivity (Wildman–Crippen MR) is 81.5 cm³/mol. The second kappa shape index (κ2) is 6.93. The van der Waals surface area contributed by atoms with E-state index in [2.05, 4.69) is 15.3 Å². The van der Waals surface area contributed by atoms with Gasteiger partial charge in [-0.25, -0.2) is 4.79 Å². The summed E-state index contributed by atoms with van der Waals surface area (Å²) < 4.78 is 9.90. The third-order valence-electron chi connectivity index (χ3n) is 2.78. The standard InChI is InChI=1S/C14H12ClN3O5/c1-22-9-6-10(23-2)18-12(17-9)13(19)16-8-5-3-4-7(15)11(8)14(20)21/h3-6H,1-2H3,(H,16,19)(H,20,21). The van der Waals surface area contributed by atoms with Crippen LogP contribution in [0.4, 0.5) is 5.69 Å². The molecule has 0 aliphatic carbocycles. The number of halogens is 1. The third-order valence-corrected chi connectivity index (χ3v) is 3.09. The minimum Gasteiger partial charge on any atom is -0.481 e. The van der Waals surface area contributed by atoms with Gasteiger partial charge in [0, 0.05) is 0 Å². The number of carbonyl (C=O) groups is 2. The van der Waals surface area contributed by atoms with Gasteiger partial charge in [0.1, 0.15) is 5.56 Å². The lowest BCUT2D eigenvalue weighted by Crippen LogP contribution is -2.18. The molecule has 0 bridgehead atoms. The number of aromatic nitrogens is 2. The van der Waals surface area contributed by atoms with Crippen molar-refractivity contribution in [1.29, 1.82) is 0 Å². The molecule has 0 spiro atoms. The Balaban J connectivity index is 2.37. The highest BCUT2D eigenvalue weighted by Gasteiger charge is 2.19. The molecule has 0 aliphatic rings. The minimum absolute atomic E-state index is 0.000517. The summed E-state index contributed by atoms with van der Waals surface area (Å²) in [6, 6.07) is 5.73. The van der Waals surface area contributed by atoms with Gasteiger partial charge in [0.15, 0.2) is 0 Å². The molecule has 23 heavy (non-hydrogen) atoms. The van der Waals surface area contributed by atoms with Gasteiger partial charge >= 0.3 is 5.97 Å². The Morgan fingerprint density at radius 3 is 2.30 bits per heavy atom. The lowest BCUT2D eigenvalue weighted by atomic mass is 10.1. The molecule has 8 nitrogen and oxygen atoms in total. The van der Waals surface area contributed by atoms with Crippen molar-refractivity contribution in [3.63, 3.8) is 0 Å².